The smallest absolute Gasteiger partial charge is 0.337 e. The fourth-order valence-corrected chi connectivity index (χ4v) is 1.52. The highest BCUT2D eigenvalue weighted by atomic mass is 19.2. The zero-order chi connectivity index (χ0) is 14.7. The van der Waals surface area contributed by atoms with E-state index in [2.05, 4.69) is 10.3 Å². The highest BCUT2D eigenvalue weighted by Gasteiger charge is 2.17. The van der Waals surface area contributed by atoms with Crippen LogP contribution in [0.5, 0.6) is 0 Å². The Labute approximate surface area is 111 Å². The number of rotatable bonds is 3. The maximum atomic E-state index is 13.1. The number of amides is 1. The molecule has 0 fully saturated rings. The summed E-state index contributed by atoms with van der Waals surface area (Å²) in [4.78, 5) is 26.5. The quantitative estimate of drug-likeness (QED) is 0.903. The second kappa shape index (κ2) is 5.43. The van der Waals surface area contributed by atoms with E-state index in [0.717, 1.165) is 0 Å². The molecule has 2 aromatic rings. The van der Waals surface area contributed by atoms with Gasteiger partial charge in [0.15, 0.2) is 11.6 Å². The molecule has 2 N–H and O–H groups in total. The molecule has 0 saturated heterocycles. The lowest BCUT2D eigenvalue weighted by molar-refractivity contribution is 0.0697. The lowest BCUT2D eigenvalue weighted by Crippen LogP contribution is -2.15. The molecule has 1 aromatic carbocycles. The van der Waals surface area contributed by atoms with E-state index in [1.807, 2.05) is 0 Å². The largest absolute Gasteiger partial charge is 0.478 e. The van der Waals surface area contributed by atoms with Gasteiger partial charge in [0.1, 0.15) is 0 Å². The number of carboxylic acid groups (broad SMARTS) is 1. The second-order valence-electron chi connectivity index (χ2n) is 3.81. The normalized spacial score (nSPS) is 10.1. The molecule has 1 amide bonds. The number of carbonyl (C=O) groups is 2. The Balaban J connectivity index is 2.36. The van der Waals surface area contributed by atoms with Crippen molar-refractivity contribution in [1.29, 1.82) is 0 Å². The molecule has 0 atom stereocenters. The van der Waals surface area contributed by atoms with Gasteiger partial charge in [-0.15, -0.1) is 0 Å². The first-order chi connectivity index (χ1) is 9.49. The zero-order valence-corrected chi connectivity index (χ0v) is 9.93. The van der Waals surface area contributed by atoms with Crippen molar-refractivity contribution >= 4 is 17.6 Å². The molecule has 0 spiro atoms. The monoisotopic (exact) mass is 278 g/mol. The van der Waals surface area contributed by atoms with Gasteiger partial charge in [-0.1, -0.05) is 0 Å². The van der Waals surface area contributed by atoms with Gasteiger partial charge in [0.2, 0.25) is 0 Å². The number of halogens is 2. The van der Waals surface area contributed by atoms with Gasteiger partial charge in [-0.25, -0.2) is 13.6 Å². The fourth-order valence-electron chi connectivity index (χ4n) is 1.52. The van der Waals surface area contributed by atoms with Crippen molar-refractivity contribution in [2.45, 2.75) is 0 Å². The lowest BCUT2D eigenvalue weighted by atomic mass is 10.1. The zero-order valence-electron chi connectivity index (χ0n) is 9.93. The summed E-state index contributed by atoms with van der Waals surface area (Å²) in [6.07, 6.45) is 2.75. The van der Waals surface area contributed by atoms with Crippen LogP contribution in [0.4, 0.5) is 14.5 Å². The molecule has 7 heteroatoms. The van der Waals surface area contributed by atoms with E-state index in [-0.39, 0.29) is 11.3 Å². The number of nitrogens with zero attached hydrogens (tertiary/aromatic N) is 1. The summed E-state index contributed by atoms with van der Waals surface area (Å²) < 4.78 is 26.2. The fraction of sp³-hybridized carbons (Fsp3) is 0. The van der Waals surface area contributed by atoms with E-state index in [0.29, 0.717) is 12.1 Å². The molecule has 2 rings (SSSR count). The number of nitrogens with one attached hydrogen (secondary N) is 1. The topological polar surface area (TPSA) is 79.3 Å². The van der Waals surface area contributed by atoms with Crippen molar-refractivity contribution in [3.05, 3.63) is 59.4 Å². The molecule has 5 nitrogen and oxygen atoms in total. The molecule has 1 aromatic heterocycles. The van der Waals surface area contributed by atoms with Crippen LogP contribution in [0.25, 0.3) is 0 Å². The minimum absolute atomic E-state index is 0.209. The van der Waals surface area contributed by atoms with E-state index in [4.69, 9.17) is 5.11 Å². The van der Waals surface area contributed by atoms with Crippen LogP contribution < -0.4 is 5.32 Å². The molecule has 0 aliphatic rings. The summed E-state index contributed by atoms with van der Waals surface area (Å²) >= 11 is 0. The third-order valence-electron chi connectivity index (χ3n) is 2.48. The number of benzene rings is 1. The second-order valence-corrected chi connectivity index (χ2v) is 3.81. The SMILES string of the molecule is O=C(Nc1cc(F)c(F)cc1C(=O)O)c1ccncc1. The number of pyridine rings is 1. The summed E-state index contributed by atoms with van der Waals surface area (Å²) in [7, 11) is 0. The summed E-state index contributed by atoms with van der Waals surface area (Å²) in [5.74, 6) is -4.68. The van der Waals surface area contributed by atoms with Crippen LogP contribution in [0.15, 0.2) is 36.7 Å². The maximum absolute atomic E-state index is 13.1. The Hall–Kier alpha value is -2.83. The predicted octanol–water partition coefficient (Wildman–Crippen LogP) is 2.31. The van der Waals surface area contributed by atoms with Crippen LogP contribution >= 0.6 is 0 Å². The Morgan fingerprint density at radius 1 is 1.10 bits per heavy atom. The minimum atomic E-state index is -1.48. The number of carboxylic acids is 1. The van der Waals surface area contributed by atoms with Crippen molar-refractivity contribution < 1.29 is 23.5 Å². The van der Waals surface area contributed by atoms with Crippen LogP contribution in [-0.2, 0) is 0 Å². The van der Waals surface area contributed by atoms with Gasteiger partial charge in [-0.05, 0) is 18.2 Å². The Kier molecular flexibility index (Phi) is 3.69. The molecule has 0 bridgehead atoms. The van der Waals surface area contributed by atoms with Gasteiger partial charge in [-0.2, -0.15) is 0 Å². The summed E-state index contributed by atoms with van der Waals surface area (Å²) in [5, 5.41) is 11.1. The Morgan fingerprint density at radius 3 is 2.30 bits per heavy atom. The number of anilines is 1. The number of hydrogen-bond donors (Lipinski definition) is 2. The lowest BCUT2D eigenvalue weighted by Gasteiger charge is -2.09. The van der Waals surface area contributed by atoms with Crippen molar-refractivity contribution in [1.82, 2.24) is 4.98 Å². The van der Waals surface area contributed by atoms with Gasteiger partial charge in [0, 0.05) is 24.0 Å². The van der Waals surface area contributed by atoms with Gasteiger partial charge in [-0.3, -0.25) is 9.78 Å². The minimum Gasteiger partial charge on any atom is -0.478 e. The molecule has 0 aliphatic carbocycles. The molecule has 0 radical (unpaired) electrons. The van der Waals surface area contributed by atoms with E-state index < -0.39 is 29.1 Å². The average Bonchev–Trinajstić information content (AvgIpc) is 2.43. The van der Waals surface area contributed by atoms with Crippen LogP contribution in [0.1, 0.15) is 20.7 Å². The third kappa shape index (κ3) is 2.77. The number of carbonyl (C=O) groups excluding carboxylic acids is 1. The summed E-state index contributed by atoms with van der Waals surface area (Å²) in [6, 6.07) is 3.93. The number of aromatic nitrogens is 1. The van der Waals surface area contributed by atoms with E-state index in [1.54, 1.807) is 0 Å². The van der Waals surface area contributed by atoms with Crippen molar-refractivity contribution in [3.8, 4) is 0 Å². The molecular weight excluding hydrogens is 270 g/mol. The first-order valence-electron chi connectivity index (χ1n) is 5.42. The molecule has 0 aliphatic heterocycles. The summed E-state index contributed by atoms with van der Waals surface area (Å²) in [6.45, 7) is 0. The van der Waals surface area contributed by atoms with E-state index in [9.17, 15) is 18.4 Å². The van der Waals surface area contributed by atoms with Crippen LogP contribution in [0, 0.1) is 11.6 Å². The molecule has 102 valence electrons. The van der Waals surface area contributed by atoms with Gasteiger partial charge in [0.25, 0.3) is 5.91 Å². The van der Waals surface area contributed by atoms with Gasteiger partial charge < -0.3 is 10.4 Å². The first kappa shape index (κ1) is 13.6. The Morgan fingerprint density at radius 2 is 1.70 bits per heavy atom. The summed E-state index contributed by atoms with van der Waals surface area (Å²) in [5.41, 5.74) is -0.648. The molecular formula is C13H8F2N2O3. The van der Waals surface area contributed by atoms with Gasteiger partial charge >= 0.3 is 5.97 Å². The number of hydrogen-bond acceptors (Lipinski definition) is 3. The van der Waals surface area contributed by atoms with E-state index >= 15 is 0 Å². The van der Waals surface area contributed by atoms with Crippen LogP contribution in [0.3, 0.4) is 0 Å². The van der Waals surface area contributed by atoms with Crippen LogP contribution in [0.2, 0.25) is 0 Å². The van der Waals surface area contributed by atoms with Crippen LogP contribution in [-0.4, -0.2) is 22.0 Å². The maximum Gasteiger partial charge on any atom is 0.337 e. The Bertz CT molecular complexity index is 675. The molecule has 0 saturated carbocycles. The third-order valence-corrected chi connectivity index (χ3v) is 2.48. The van der Waals surface area contributed by atoms with E-state index in [1.165, 1.54) is 24.5 Å². The molecule has 20 heavy (non-hydrogen) atoms. The van der Waals surface area contributed by atoms with Crippen molar-refractivity contribution in [2.75, 3.05) is 5.32 Å². The first-order valence-corrected chi connectivity index (χ1v) is 5.42. The molecule has 1 heterocycles. The van der Waals surface area contributed by atoms with Gasteiger partial charge in [0.05, 0.1) is 11.3 Å². The number of aromatic carboxylic acids is 1. The highest BCUT2D eigenvalue weighted by Crippen LogP contribution is 2.21. The predicted molar refractivity (Wildman–Crippen MR) is 65.5 cm³/mol. The highest BCUT2D eigenvalue weighted by molar-refractivity contribution is 6.07. The standard InChI is InChI=1S/C13H8F2N2O3/c14-9-5-8(13(19)20)11(6-10(9)15)17-12(18)7-1-3-16-4-2-7/h1-6H,(H,17,18)(H,19,20). The van der Waals surface area contributed by atoms with Crippen molar-refractivity contribution in [2.24, 2.45) is 0 Å². The van der Waals surface area contributed by atoms with Crippen molar-refractivity contribution in [3.63, 3.8) is 0 Å². The molecule has 0 unspecified atom stereocenters. The average molecular weight is 278 g/mol.